The highest BCUT2D eigenvalue weighted by Crippen LogP contribution is 2.28. The zero-order chi connectivity index (χ0) is 13.2. The van der Waals surface area contributed by atoms with E-state index in [1.54, 1.807) is 6.33 Å². The highest BCUT2D eigenvalue weighted by atomic mass is 16.3. The van der Waals surface area contributed by atoms with Gasteiger partial charge in [0.15, 0.2) is 0 Å². The molecule has 1 N–H and O–H groups in total. The topological polar surface area (TPSA) is 38.0 Å². The molecule has 1 heterocycles. The first-order chi connectivity index (χ1) is 9.27. The molecule has 2 unspecified atom stereocenters. The molecule has 0 aliphatic rings. The van der Waals surface area contributed by atoms with Gasteiger partial charge in [-0.25, -0.2) is 4.98 Å². The number of aromatic nitrogens is 2. The predicted molar refractivity (Wildman–Crippen MR) is 75.8 cm³/mol. The van der Waals surface area contributed by atoms with Crippen molar-refractivity contribution in [3.05, 3.63) is 66.5 Å². The Kier molecular flexibility index (Phi) is 3.05. The first-order valence-corrected chi connectivity index (χ1v) is 6.42. The minimum Gasteiger partial charge on any atom is -0.386 e. The minimum atomic E-state index is -0.543. The highest BCUT2D eigenvalue weighted by molar-refractivity contribution is 5.75. The van der Waals surface area contributed by atoms with Crippen molar-refractivity contribution in [3.63, 3.8) is 0 Å². The summed E-state index contributed by atoms with van der Waals surface area (Å²) in [6.45, 7) is 2.01. The molecule has 3 nitrogen and oxygen atoms in total. The molecule has 0 fully saturated rings. The zero-order valence-corrected chi connectivity index (χ0v) is 10.8. The van der Waals surface area contributed by atoms with Gasteiger partial charge in [-0.15, -0.1) is 0 Å². The van der Waals surface area contributed by atoms with Crippen molar-refractivity contribution in [1.29, 1.82) is 0 Å². The smallest absolute Gasteiger partial charge is 0.0994 e. The molecule has 3 heteroatoms. The molecule has 0 saturated heterocycles. The number of aliphatic hydroxyl groups excluding tert-OH is 1. The summed E-state index contributed by atoms with van der Waals surface area (Å²) in [6, 6.07) is 17.6. The lowest BCUT2D eigenvalue weighted by Crippen LogP contribution is -2.13. The second-order valence-electron chi connectivity index (χ2n) is 4.74. The lowest BCUT2D eigenvalue weighted by molar-refractivity contribution is 0.124. The Morgan fingerprint density at radius 1 is 1.00 bits per heavy atom. The number of aliphatic hydroxyl groups is 1. The van der Waals surface area contributed by atoms with Crippen molar-refractivity contribution in [3.8, 4) is 0 Å². The SMILES string of the molecule is CC(C(O)c1ccccc1)n1cnc2ccccc21. The third-order valence-electron chi connectivity index (χ3n) is 3.52. The molecular formula is C16H16N2O. The minimum absolute atomic E-state index is 0.0604. The fraction of sp³-hybridized carbons (Fsp3) is 0.188. The number of fused-ring (bicyclic) bond motifs is 1. The number of hydrogen-bond donors (Lipinski definition) is 1. The average molecular weight is 252 g/mol. The van der Waals surface area contributed by atoms with Crippen LogP contribution in [-0.2, 0) is 0 Å². The molecule has 0 amide bonds. The molecule has 19 heavy (non-hydrogen) atoms. The van der Waals surface area contributed by atoms with Crippen molar-refractivity contribution in [2.24, 2.45) is 0 Å². The second kappa shape index (κ2) is 4.86. The van der Waals surface area contributed by atoms with Crippen LogP contribution in [0.15, 0.2) is 60.9 Å². The van der Waals surface area contributed by atoms with Crippen LogP contribution in [0.2, 0.25) is 0 Å². The standard InChI is InChI=1S/C16H16N2O/c1-12(16(19)13-7-3-2-4-8-13)18-11-17-14-9-5-6-10-15(14)18/h2-12,16,19H,1H3. The summed E-state index contributed by atoms with van der Waals surface area (Å²) in [5.41, 5.74) is 2.92. The van der Waals surface area contributed by atoms with E-state index in [0.29, 0.717) is 0 Å². The lowest BCUT2D eigenvalue weighted by atomic mass is 10.0. The molecule has 96 valence electrons. The second-order valence-corrected chi connectivity index (χ2v) is 4.74. The Morgan fingerprint density at radius 3 is 2.47 bits per heavy atom. The first kappa shape index (κ1) is 11.9. The van der Waals surface area contributed by atoms with Crippen molar-refractivity contribution in [2.45, 2.75) is 19.1 Å². The van der Waals surface area contributed by atoms with Gasteiger partial charge in [-0.1, -0.05) is 42.5 Å². The number of nitrogens with zero attached hydrogens (tertiary/aromatic N) is 2. The Bertz CT molecular complexity index is 675. The zero-order valence-electron chi connectivity index (χ0n) is 10.8. The maximum Gasteiger partial charge on any atom is 0.0994 e. The normalized spacial score (nSPS) is 14.4. The summed E-state index contributed by atoms with van der Waals surface area (Å²) < 4.78 is 2.02. The molecule has 2 atom stereocenters. The van der Waals surface area contributed by atoms with Crippen molar-refractivity contribution in [1.82, 2.24) is 9.55 Å². The number of hydrogen-bond acceptors (Lipinski definition) is 2. The number of para-hydroxylation sites is 2. The van der Waals surface area contributed by atoms with Gasteiger partial charge in [-0.3, -0.25) is 0 Å². The summed E-state index contributed by atoms with van der Waals surface area (Å²) in [5, 5.41) is 10.5. The van der Waals surface area contributed by atoms with Gasteiger partial charge < -0.3 is 9.67 Å². The van der Waals surface area contributed by atoms with E-state index in [1.807, 2.05) is 66.1 Å². The van der Waals surface area contributed by atoms with Gasteiger partial charge in [0.1, 0.15) is 0 Å². The summed E-state index contributed by atoms with van der Waals surface area (Å²) in [5.74, 6) is 0. The first-order valence-electron chi connectivity index (χ1n) is 6.42. The van der Waals surface area contributed by atoms with E-state index in [9.17, 15) is 5.11 Å². The fourth-order valence-electron chi connectivity index (χ4n) is 2.38. The quantitative estimate of drug-likeness (QED) is 0.776. The number of imidazole rings is 1. The van der Waals surface area contributed by atoms with Crippen LogP contribution in [0.1, 0.15) is 24.6 Å². The average Bonchev–Trinajstić information content (AvgIpc) is 2.90. The van der Waals surface area contributed by atoms with Crippen LogP contribution >= 0.6 is 0 Å². The van der Waals surface area contributed by atoms with E-state index >= 15 is 0 Å². The van der Waals surface area contributed by atoms with Gasteiger partial charge in [0.05, 0.1) is 29.5 Å². The molecule has 1 aromatic heterocycles. The maximum atomic E-state index is 10.5. The van der Waals surface area contributed by atoms with Crippen molar-refractivity contribution < 1.29 is 5.11 Å². The highest BCUT2D eigenvalue weighted by Gasteiger charge is 2.19. The third kappa shape index (κ3) is 2.13. The molecule has 2 aromatic carbocycles. The van der Waals surface area contributed by atoms with Gasteiger partial charge in [0.25, 0.3) is 0 Å². The molecular weight excluding hydrogens is 236 g/mol. The number of rotatable bonds is 3. The van der Waals surface area contributed by atoms with Gasteiger partial charge in [-0.05, 0) is 24.6 Å². The molecule has 0 spiro atoms. The Hall–Kier alpha value is -2.13. The van der Waals surface area contributed by atoms with E-state index in [1.165, 1.54) is 0 Å². The summed E-state index contributed by atoms with van der Waals surface area (Å²) in [4.78, 5) is 4.37. The van der Waals surface area contributed by atoms with Crippen LogP contribution in [0.25, 0.3) is 11.0 Å². The summed E-state index contributed by atoms with van der Waals surface area (Å²) >= 11 is 0. The molecule has 0 aliphatic heterocycles. The summed E-state index contributed by atoms with van der Waals surface area (Å²) in [7, 11) is 0. The van der Waals surface area contributed by atoms with Gasteiger partial charge in [0, 0.05) is 0 Å². The molecule has 3 rings (SSSR count). The van der Waals surface area contributed by atoms with Crippen LogP contribution in [0.5, 0.6) is 0 Å². The fourth-order valence-corrected chi connectivity index (χ4v) is 2.38. The molecule has 3 aromatic rings. The third-order valence-corrected chi connectivity index (χ3v) is 3.52. The summed E-state index contributed by atoms with van der Waals surface area (Å²) in [6.07, 6.45) is 1.25. The lowest BCUT2D eigenvalue weighted by Gasteiger charge is -2.21. The van der Waals surface area contributed by atoms with Gasteiger partial charge in [0.2, 0.25) is 0 Å². The van der Waals surface area contributed by atoms with E-state index in [4.69, 9.17) is 0 Å². The van der Waals surface area contributed by atoms with E-state index in [-0.39, 0.29) is 6.04 Å². The maximum absolute atomic E-state index is 10.5. The number of benzene rings is 2. The molecule has 0 bridgehead atoms. The van der Waals surface area contributed by atoms with Crippen LogP contribution in [0, 0.1) is 0 Å². The Labute approximate surface area is 112 Å². The van der Waals surface area contributed by atoms with Crippen LogP contribution in [0.4, 0.5) is 0 Å². The van der Waals surface area contributed by atoms with Gasteiger partial charge >= 0.3 is 0 Å². The van der Waals surface area contributed by atoms with Crippen molar-refractivity contribution in [2.75, 3.05) is 0 Å². The Morgan fingerprint density at radius 2 is 1.68 bits per heavy atom. The van der Waals surface area contributed by atoms with E-state index in [2.05, 4.69) is 4.98 Å². The van der Waals surface area contributed by atoms with E-state index < -0.39 is 6.10 Å². The van der Waals surface area contributed by atoms with Crippen LogP contribution < -0.4 is 0 Å². The van der Waals surface area contributed by atoms with E-state index in [0.717, 1.165) is 16.6 Å². The van der Waals surface area contributed by atoms with Crippen molar-refractivity contribution >= 4 is 11.0 Å². The van der Waals surface area contributed by atoms with Crippen LogP contribution in [-0.4, -0.2) is 14.7 Å². The largest absolute Gasteiger partial charge is 0.386 e. The monoisotopic (exact) mass is 252 g/mol. The molecule has 0 aliphatic carbocycles. The molecule has 0 saturated carbocycles. The molecule has 0 radical (unpaired) electrons. The van der Waals surface area contributed by atoms with Gasteiger partial charge in [-0.2, -0.15) is 0 Å². The Balaban J connectivity index is 1.98. The van der Waals surface area contributed by atoms with Crippen LogP contribution in [0.3, 0.4) is 0 Å². The predicted octanol–water partition coefficient (Wildman–Crippen LogP) is 3.33.